The van der Waals surface area contributed by atoms with Crippen molar-refractivity contribution in [3.05, 3.63) is 75.3 Å². The average Bonchev–Trinajstić information content (AvgIpc) is 3.54. The number of hydrogen-bond donors (Lipinski definition) is 1. The Morgan fingerprint density at radius 1 is 1.08 bits per heavy atom. The maximum atomic E-state index is 16.2. The molecule has 4 aromatic rings. The van der Waals surface area contributed by atoms with Crippen molar-refractivity contribution in [3.63, 3.8) is 0 Å². The number of nitriles is 1. The number of hydrogen-bond acceptors (Lipinski definition) is 9. The molecule has 2 saturated heterocycles. The van der Waals surface area contributed by atoms with Gasteiger partial charge in [0.25, 0.3) is 11.5 Å². The molecular weight excluding hydrogens is 668 g/mol. The van der Waals surface area contributed by atoms with E-state index in [1.165, 1.54) is 18.5 Å². The van der Waals surface area contributed by atoms with Crippen LogP contribution in [0.2, 0.25) is 0 Å². The molecule has 0 unspecified atom stereocenters. The highest BCUT2D eigenvalue weighted by atomic mass is 32.2. The van der Waals surface area contributed by atoms with Crippen LogP contribution in [0.25, 0.3) is 11.0 Å². The number of anilines is 1. The van der Waals surface area contributed by atoms with Crippen LogP contribution in [0.5, 0.6) is 0 Å². The molecule has 0 radical (unpaired) electrons. The van der Waals surface area contributed by atoms with Crippen LogP contribution in [0.15, 0.2) is 41.6 Å². The number of pyridine rings is 1. The average molecular weight is 708 g/mol. The minimum Gasteiger partial charge on any atom is -0.363 e. The Bertz CT molecular complexity index is 2120. The Morgan fingerprint density at radius 2 is 1.82 bits per heavy atom. The summed E-state index contributed by atoms with van der Waals surface area (Å²) in [4.78, 5) is 25.3. The number of fused-ring (bicyclic) bond motifs is 6. The van der Waals surface area contributed by atoms with E-state index in [9.17, 15) is 14.3 Å². The van der Waals surface area contributed by atoms with Crippen LogP contribution < -0.4 is 10.9 Å². The van der Waals surface area contributed by atoms with Gasteiger partial charge in [-0.3, -0.25) is 23.2 Å². The molecule has 7 heterocycles. The maximum absolute atomic E-state index is 16.2. The van der Waals surface area contributed by atoms with Crippen molar-refractivity contribution in [2.24, 2.45) is 5.92 Å². The highest BCUT2D eigenvalue weighted by molar-refractivity contribution is 8.00. The van der Waals surface area contributed by atoms with E-state index in [0.717, 1.165) is 11.8 Å². The number of aryl methyl sites for hydroxylation is 2. The van der Waals surface area contributed by atoms with Crippen LogP contribution in [-0.2, 0) is 40.5 Å². The highest BCUT2D eigenvalue weighted by Gasteiger charge is 2.45. The molecule has 264 valence electrons. The predicted octanol–water partition coefficient (Wildman–Crippen LogP) is 4.76. The first-order chi connectivity index (χ1) is 23.9. The molecule has 1 atom stereocenters. The molecular formula is C35H40F3N9O2S. The van der Waals surface area contributed by atoms with Gasteiger partial charge in [0.2, 0.25) is 0 Å². The van der Waals surface area contributed by atoms with Gasteiger partial charge in [0.1, 0.15) is 23.6 Å². The largest absolute Gasteiger partial charge is 0.363 e. The second kappa shape index (κ2) is 13.1. The molecule has 0 amide bonds. The molecule has 1 N–H and O–H groups in total. The topological polar surface area (TPSA) is 135 Å². The lowest BCUT2D eigenvalue weighted by Gasteiger charge is -2.36. The first-order valence-corrected chi connectivity index (χ1v) is 19.1. The summed E-state index contributed by atoms with van der Waals surface area (Å²) in [6, 6.07) is 7.28. The van der Waals surface area contributed by atoms with Crippen molar-refractivity contribution >= 4 is 32.2 Å². The maximum Gasteiger partial charge on any atom is 0.278 e. The first kappa shape index (κ1) is 34.2. The smallest absolute Gasteiger partial charge is 0.278 e. The van der Waals surface area contributed by atoms with Crippen molar-refractivity contribution < 1.29 is 17.4 Å². The molecule has 11 nitrogen and oxygen atoms in total. The molecule has 8 rings (SSSR count). The predicted molar refractivity (Wildman–Crippen MR) is 185 cm³/mol. The number of aromatic nitrogens is 6. The number of nitrogens with one attached hydrogen (secondary N) is 1. The molecule has 2 fully saturated rings. The highest BCUT2D eigenvalue weighted by Crippen LogP contribution is 2.44. The van der Waals surface area contributed by atoms with Gasteiger partial charge in [-0.25, -0.2) is 23.1 Å². The van der Waals surface area contributed by atoms with E-state index < -0.39 is 44.2 Å². The van der Waals surface area contributed by atoms with Crippen molar-refractivity contribution in [1.29, 1.82) is 5.26 Å². The lowest BCUT2D eigenvalue weighted by Crippen LogP contribution is -2.41. The third kappa shape index (κ3) is 6.28. The number of benzene rings is 1. The van der Waals surface area contributed by atoms with E-state index in [0.29, 0.717) is 50.1 Å². The second-order valence-corrected chi connectivity index (χ2v) is 16.7. The molecule has 50 heavy (non-hydrogen) atoms. The summed E-state index contributed by atoms with van der Waals surface area (Å²) < 4.78 is 64.3. The first-order valence-electron chi connectivity index (χ1n) is 17.1. The Kier molecular flexibility index (Phi) is 8.96. The second-order valence-electron chi connectivity index (χ2n) is 14.0. The third-order valence-corrected chi connectivity index (χ3v) is 12.6. The molecule has 4 aliphatic rings. The Hall–Kier alpha value is -4.29. The number of rotatable bonds is 1. The SMILES string of the molecule is C=S1(=O)CCC(C#N)(c2cc3c4ncnc3n(c2=O)CCCCn2cc(nn2)CN2CCC(CC2)C(F)(F)c2cccc(c2F)[C@@H](C)N4)CC1. The number of nitrogens with zero attached hydrogens (tertiary/aromatic N) is 8. The lowest BCUT2D eigenvalue weighted by atomic mass is 9.77. The minimum atomic E-state index is -3.39. The standard InChI is InChI=1S/C35H40F3N9O2S/c1-23-26-6-5-7-28(30(26)36)35(37,38)24-8-14-45(15-9-24)19-25-20-46(44-43-25)12-3-4-13-47-32-27(31(42-23)40-22-41-32)18-29(33(47)48)34(21-39)10-16-50(2,49)17-11-34/h5-7,18,20,22-24H,2-4,8-17,19H2,1H3,(H,40,41,42)/t23-,34?,50?/m1/s1. The molecule has 10 bridgehead atoms. The van der Waals surface area contributed by atoms with Crippen LogP contribution in [0, 0.1) is 23.1 Å². The monoisotopic (exact) mass is 707 g/mol. The van der Waals surface area contributed by atoms with Gasteiger partial charge in [-0.2, -0.15) is 5.26 Å². The van der Waals surface area contributed by atoms with Crippen LogP contribution in [-0.4, -0.2) is 69.1 Å². The van der Waals surface area contributed by atoms with Crippen LogP contribution in [0.1, 0.15) is 73.9 Å². The zero-order chi connectivity index (χ0) is 35.3. The van der Waals surface area contributed by atoms with Gasteiger partial charge in [0.15, 0.2) is 0 Å². The van der Waals surface area contributed by atoms with E-state index in [4.69, 9.17) is 0 Å². The molecule has 15 heteroatoms. The van der Waals surface area contributed by atoms with Crippen molar-refractivity contribution in [2.75, 3.05) is 29.9 Å². The van der Waals surface area contributed by atoms with Gasteiger partial charge in [-0.05, 0) is 80.0 Å². The molecule has 1 aromatic carbocycles. The van der Waals surface area contributed by atoms with Crippen LogP contribution in [0.3, 0.4) is 0 Å². The molecule has 0 spiro atoms. The number of halogens is 3. The molecule has 4 aliphatic heterocycles. The van der Waals surface area contributed by atoms with Gasteiger partial charge in [-0.1, -0.05) is 23.4 Å². The van der Waals surface area contributed by atoms with Gasteiger partial charge < -0.3 is 5.32 Å². The fourth-order valence-electron chi connectivity index (χ4n) is 7.63. The van der Waals surface area contributed by atoms with Gasteiger partial charge in [0, 0.05) is 54.4 Å². The fourth-order valence-corrected chi connectivity index (χ4v) is 9.27. The fraction of sp³-hybridized carbons (Fsp3) is 0.514. The Morgan fingerprint density at radius 3 is 2.56 bits per heavy atom. The van der Waals surface area contributed by atoms with Crippen molar-refractivity contribution in [1.82, 2.24) is 34.4 Å². The quantitative estimate of drug-likeness (QED) is 0.278. The van der Waals surface area contributed by atoms with E-state index in [2.05, 4.69) is 42.4 Å². The Balaban J connectivity index is 1.34. The van der Waals surface area contributed by atoms with Crippen molar-refractivity contribution in [3.8, 4) is 6.07 Å². The lowest BCUT2D eigenvalue weighted by molar-refractivity contribution is -0.0886. The minimum absolute atomic E-state index is 0.0520. The van der Waals surface area contributed by atoms with Gasteiger partial charge in [0.05, 0.1) is 34.2 Å². The summed E-state index contributed by atoms with van der Waals surface area (Å²) >= 11 is 0. The van der Waals surface area contributed by atoms with E-state index in [-0.39, 0.29) is 66.2 Å². The summed E-state index contributed by atoms with van der Waals surface area (Å²) in [6.45, 7) is 3.85. The summed E-state index contributed by atoms with van der Waals surface area (Å²) in [5.74, 6) is -0.856. The van der Waals surface area contributed by atoms with Crippen LogP contribution in [0.4, 0.5) is 19.0 Å². The van der Waals surface area contributed by atoms with E-state index >= 15 is 13.2 Å². The van der Waals surface area contributed by atoms with Gasteiger partial charge >= 0.3 is 0 Å². The van der Waals surface area contributed by atoms with Crippen LogP contribution >= 0.6 is 0 Å². The zero-order valence-corrected chi connectivity index (χ0v) is 28.8. The number of alkyl halides is 2. The van der Waals surface area contributed by atoms with Gasteiger partial charge in [-0.15, -0.1) is 5.10 Å². The third-order valence-electron chi connectivity index (χ3n) is 10.7. The normalized spacial score (nSPS) is 28.7. The van der Waals surface area contributed by atoms with E-state index in [1.54, 1.807) is 22.2 Å². The Labute approximate surface area is 288 Å². The molecule has 0 saturated carbocycles. The zero-order valence-electron chi connectivity index (χ0n) is 28.0. The van der Waals surface area contributed by atoms with E-state index in [1.807, 2.05) is 6.20 Å². The summed E-state index contributed by atoms with van der Waals surface area (Å²) in [7, 11) is -2.36. The summed E-state index contributed by atoms with van der Waals surface area (Å²) in [5, 5.41) is 22.7. The molecule has 0 aliphatic carbocycles. The summed E-state index contributed by atoms with van der Waals surface area (Å²) in [5.41, 5.74) is -0.838. The molecule has 3 aromatic heterocycles. The summed E-state index contributed by atoms with van der Waals surface area (Å²) in [6.07, 6.45) is 5.24. The number of piperidine rings is 1. The van der Waals surface area contributed by atoms with Crippen molar-refractivity contribution in [2.45, 2.75) is 82.5 Å².